The third kappa shape index (κ3) is 3.21. The van der Waals surface area contributed by atoms with E-state index in [0.29, 0.717) is 17.3 Å². The Labute approximate surface area is 121 Å². The predicted octanol–water partition coefficient (Wildman–Crippen LogP) is 2.54. The van der Waals surface area contributed by atoms with Gasteiger partial charge in [0.15, 0.2) is 0 Å². The van der Waals surface area contributed by atoms with Gasteiger partial charge in [0.25, 0.3) is 5.91 Å². The van der Waals surface area contributed by atoms with Crippen molar-refractivity contribution in [2.24, 2.45) is 5.92 Å². The van der Waals surface area contributed by atoms with Crippen LogP contribution in [0.25, 0.3) is 10.9 Å². The Morgan fingerprint density at radius 1 is 1.38 bits per heavy atom. The Hall–Kier alpha value is -2.37. The van der Waals surface area contributed by atoms with Gasteiger partial charge in [-0.2, -0.15) is 0 Å². The van der Waals surface area contributed by atoms with Crippen molar-refractivity contribution in [1.82, 2.24) is 10.3 Å². The number of hydrogen-bond donors (Lipinski definition) is 3. The van der Waals surface area contributed by atoms with E-state index in [1.807, 2.05) is 6.92 Å². The van der Waals surface area contributed by atoms with Gasteiger partial charge >= 0.3 is 5.97 Å². The third-order valence-corrected chi connectivity index (χ3v) is 3.59. The van der Waals surface area contributed by atoms with Gasteiger partial charge < -0.3 is 15.4 Å². The summed E-state index contributed by atoms with van der Waals surface area (Å²) in [6.07, 6.45) is 0.634. The number of aliphatic carboxylic acids is 1. The molecule has 1 aromatic carbocycles. The Morgan fingerprint density at radius 3 is 2.71 bits per heavy atom. The van der Waals surface area contributed by atoms with Gasteiger partial charge in [0.05, 0.1) is 0 Å². The van der Waals surface area contributed by atoms with E-state index in [0.717, 1.165) is 0 Å². The first-order valence-electron chi connectivity index (χ1n) is 6.74. The summed E-state index contributed by atoms with van der Waals surface area (Å²) >= 11 is 0. The largest absolute Gasteiger partial charge is 0.480 e. The van der Waals surface area contributed by atoms with E-state index in [4.69, 9.17) is 0 Å². The number of carbonyl (C=O) groups excluding carboxylic acids is 1. The molecule has 5 nitrogen and oxygen atoms in total. The summed E-state index contributed by atoms with van der Waals surface area (Å²) in [5.74, 6) is -2.16. The molecule has 0 aliphatic heterocycles. The maximum Gasteiger partial charge on any atom is 0.326 e. The number of halogens is 1. The van der Waals surface area contributed by atoms with Crippen LogP contribution in [-0.4, -0.2) is 28.0 Å². The van der Waals surface area contributed by atoms with E-state index < -0.39 is 23.7 Å². The van der Waals surface area contributed by atoms with Crippen LogP contribution >= 0.6 is 0 Å². The lowest BCUT2D eigenvalue weighted by Gasteiger charge is -2.19. The number of aromatic nitrogens is 1. The summed E-state index contributed by atoms with van der Waals surface area (Å²) in [6, 6.07) is 4.69. The maximum absolute atomic E-state index is 13.1. The number of H-pyrrole nitrogens is 1. The van der Waals surface area contributed by atoms with Crippen LogP contribution in [-0.2, 0) is 4.79 Å². The zero-order chi connectivity index (χ0) is 15.6. The SMILES string of the molecule is CC[C@H](C)[C@H](NC(=O)c1cc2cc(F)ccc2[nH]1)C(=O)O. The topological polar surface area (TPSA) is 82.2 Å². The number of fused-ring (bicyclic) bond motifs is 1. The van der Waals surface area contributed by atoms with Gasteiger partial charge in [-0.25, -0.2) is 9.18 Å². The average molecular weight is 292 g/mol. The van der Waals surface area contributed by atoms with Crippen molar-refractivity contribution >= 4 is 22.8 Å². The Bertz CT molecular complexity index is 681. The quantitative estimate of drug-likeness (QED) is 0.792. The average Bonchev–Trinajstić information content (AvgIpc) is 2.86. The normalized spacial score (nSPS) is 13.9. The first-order chi connectivity index (χ1) is 9.92. The highest BCUT2D eigenvalue weighted by atomic mass is 19.1. The second-order valence-corrected chi connectivity index (χ2v) is 5.09. The molecule has 0 aliphatic carbocycles. The van der Waals surface area contributed by atoms with Crippen LogP contribution in [0.15, 0.2) is 24.3 Å². The molecule has 21 heavy (non-hydrogen) atoms. The summed E-state index contributed by atoms with van der Waals surface area (Å²) in [7, 11) is 0. The van der Waals surface area contributed by atoms with Crippen molar-refractivity contribution in [1.29, 1.82) is 0 Å². The first-order valence-corrected chi connectivity index (χ1v) is 6.74. The van der Waals surface area contributed by atoms with E-state index >= 15 is 0 Å². The number of aromatic amines is 1. The molecule has 2 rings (SSSR count). The Kier molecular flexibility index (Phi) is 4.26. The fourth-order valence-electron chi connectivity index (χ4n) is 2.13. The highest BCUT2D eigenvalue weighted by Gasteiger charge is 2.26. The first kappa shape index (κ1) is 15.0. The van der Waals surface area contributed by atoms with Crippen LogP contribution < -0.4 is 5.32 Å². The van der Waals surface area contributed by atoms with E-state index in [1.165, 1.54) is 24.3 Å². The fourth-order valence-corrected chi connectivity index (χ4v) is 2.13. The molecule has 0 radical (unpaired) electrons. The van der Waals surface area contributed by atoms with E-state index in [1.54, 1.807) is 6.92 Å². The number of carboxylic acid groups (broad SMARTS) is 1. The van der Waals surface area contributed by atoms with Crippen molar-refractivity contribution in [3.05, 3.63) is 35.8 Å². The number of carbonyl (C=O) groups is 2. The molecule has 6 heteroatoms. The number of benzene rings is 1. The highest BCUT2D eigenvalue weighted by Crippen LogP contribution is 2.17. The lowest BCUT2D eigenvalue weighted by molar-refractivity contribution is -0.140. The Balaban J connectivity index is 2.23. The highest BCUT2D eigenvalue weighted by molar-refractivity contribution is 5.99. The van der Waals surface area contributed by atoms with Crippen LogP contribution in [0.3, 0.4) is 0 Å². The lowest BCUT2D eigenvalue weighted by Crippen LogP contribution is -2.45. The van der Waals surface area contributed by atoms with Crippen molar-refractivity contribution in [2.45, 2.75) is 26.3 Å². The van der Waals surface area contributed by atoms with Crippen molar-refractivity contribution in [3.8, 4) is 0 Å². The fraction of sp³-hybridized carbons (Fsp3) is 0.333. The zero-order valence-corrected chi connectivity index (χ0v) is 11.8. The molecule has 3 N–H and O–H groups in total. The minimum Gasteiger partial charge on any atom is -0.480 e. The van der Waals surface area contributed by atoms with Gasteiger partial charge in [-0.05, 0) is 30.2 Å². The smallest absolute Gasteiger partial charge is 0.326 e. The molecule has 112 valence electrons. The number of nitrogens with one attached hydrogen (secondary N) is 2. The third-order valence-electron chi connectivity index (χ3n) is 3.59. The zero-order valence-electron chi connectivity index (χ0n) is 11.8. The molecular weight excluding hydrogens is 275 g/mol. The molecule has 0 unspecified atom stereocenters. The number of rotatable bonds is 5. The maximum atomic E-state index is 13.1. The number of hydrogen-bond acceptors (Lipinski definition) is 2. The molecule has 1 aromatic heterocycles. The summed E-state index contributed by atoms with van der Waals surface area (Å²) in [5, 5.41) is 12.2. The minimum absolute atomic E-state index is 0.187. The molecule has 1 heterocycles. The standard InChI is InChI=1S/C15H17FN2O3/c1-3-8(2)13(15(20)21)18-14(19)12-7-9-6-10(16)4-5-11(9)17-12/h4-8,13,17H,3H2,1-2H3,(H,18,19)(H,20,21)/t8-,13-/m0/s1. The molecule has 1 amide bonds. The molecule has 0 saturated heterocycles. The van der Waals surface area contributed by atoms with E-state index in [-0.39, 0.29) is 11.6 Å². The summed E-state index contributed by atoms with van der Waals surface area (Å²) in [4.78, 5) is 26.2. The monoisotopic (exact) mass is 292 g/mol. The molecule has 0 saturated carbocycles. The summed E-state index contributed by atoms with van der Waals surface area (Å²) < 4.78 is 13.1. The molecule has 2 aromatic rings. The van der Waals surface area contributed by atoms with E-state index in [9.17, 15) is 19.1 Å². The van der Waals surface area contributed by atoms with Crippen LogP contribution in [0.4, 0.5) is 4.39 Å². The number of carboxylic acids is 1. The summed E-state index contributed by atoms with van der Waals surface area (Å²) in [5.41, 5.74) is 0.835. The van der Waals surface area contributed by atoms with Gasteiger partial charge in [-0.15, -0.1) is 0 Å². The predicted molar refractivity (Wildman–Crippen MR) is 76.6 cm³/mol. The minimum atomic E-state index is -1.07. The molecule has 0 spiro atoms. The van der Waals surface area contributed by atoms with Crippen molar-refractivity contribution in [3.63, 3.8) is 0 Å². The number of amides is 1. The van der Waals surface area contributed by atoms with Crippen molar-refractivity contribution < 1.29 is 19.1 Å². The molecule has 0 fully saturated rings. The lowest BCUT2D eigenvalue weighted by atomic mass is 9.99. The Morgan fingerprint density at radius 2 is 2.10 bits per heavy atom. The second kappa shape index (κ2) is 5.95. The molecular formula is C15H17FN2O3. The van der Waals surface area contributed by atoms with Crippen LogP contribution in [0.2, 0.25) is 0 Å². The van der Waals surface area contributed by atoms with Crippen LogP contribution in [0.1, 0.15) is 30.8 Å². The van der Waals surface area contributed by atoms with E-state index in [2.05, 4.69) is 10.3 Å². The van der Waals surface area contributed by atoms with Crippen molar-refractivity contribution in [2.75, 3.05) is 0 Å². The van der Waals surface area contributed by atoms with Gasteiger partial charge in [-0.1, -0.05) is 20.3 Å². The molecule has 0 aliphatic rings. The summed E-state index contributed by atoms with van der Waals surface area (Å²) in [6.45, 7) is 3.62. The molecule has 0 bridgehead atoms. The van der Waals surface area contributed by atoms with Crippen LogP contribution in [0.5, 0.6) is 0 Å². The van der Waals surface area contributed by atoms with Gasteiger partial charge in [0, 0.05) is 10.9 Å². The van der Waals surface area contributed by atoms with Gasteiger partial charge in [-0.3, -0.25) is 4.79 Å². The van der Waals surface area contributed by atoms with Crippen LogP contribution in [0, 0.1) is 11.7 Å². The molecule has 2 atom stereocenters. The van der Waals surface area contributed by atoms with Gasteiger partial charge in [0.2, 0.25) is 0 Å². The van der Waals surface area contributed by atoms with Gasteiger partial charge in [0.1, 0.15) is 17.6 Å². The second-order valence-electron chi connectivity index (χ2n) is 5.09.